The summed E-state index contributed by atoms with van der Waals surface area (Å²) in [4.78, 5) is 14.7. The third-order valence-electron chi connectivity index (χ3n) is 6.63. The fraction of sp³-hybridized carbons (Fsp3) is 0.345. The fourth-order valence-corrected chi connectivity index (χ4v) is 4.59. The summed E-state index contributed by atoms with van der Waals surface area (Å²) in [6.07, 6.45) is 4.15. The van der Waals surface area contributed by atoms with Gasteiger partial charge in [-0.25, -0.2) is 4.39 Å². The number of amides is 1. The highest BCUT2D eigenvalue weighted by Gasteiger charge is 2.23. The number of aryl methyl sites for hydroxylation is 1. The Morgan fingerprint density at radius 3 is 2.43 bits per heavy atom. The molecule has 6 heteroatoms. The van der Waals surface area contributed by atoms with E-state index >= 15 is 0 Å². The maximum Gasteiger partial charge on any atom is 0.260 e. The lowest BCUT2D eigenvalue weighted by Gasteiger charge is -2.32. The molecule has 0 unspecified atom stereocenters. The lowest BCUT2D eigenvalue weighted by atomic mass is 9.90. The molecule has 0 bridgehead atoms. The Kier molecular flexibility index (Phi) is 8.37. The van der Waals surface area contributed by atoms with Gasteiger partial charge in [0.2, 0.25) is 0 Å². The van der Waals surface area contributed by atoms with Gasteiger partial charge in [0.25, 0.3) is 5.91 Å². The molecule has 3 aromatic rings. The van der Waals surface area contributed by atoms with Crippen molar-refractivity contribution in [3.63, 3.8) is 0 Å². The Morgan fingerprint density at radius 2 is 1.71 bits per heavy atom. The van der Waals surface area contributed by atoms with Crippen LogP contribution in [0, 0.1) is 11.7 Å². The second-order valence-corrected chi connectivity index (χ2v) is 9.06. The van der Waals surface area contributed by atoms with Crippen LogP contribution in [-0.4, -0.2) is 42.7 Å². The molecule has 1 fully saturated rings. The van der Waals surface area contributed by atoms with Crippen LogP contribution in [0.1, 0.15) is 30.4 Å². The molecule has 0 atom stereocenters. The summed E-state index contributed by atoms with van der Waals surface area (Å²) in [6.45, 7) is 2.04. The summed E-state index contributed by atoms with van der Waals surface area (Å²) in [6, 6.07) is 19.6. The quantitative estimate of drug-likeness (QED) is 0.436. The van der Waals surface area contributed by atoms with Gasteiger partial charge in [-0.2, -0.15) is 0 Å². The minimum atomic E-state index is -0.511. The zero-order valence-corrected chi connectivity index (χ0v) is 20.1. The van der Waals surface area contributed by atoms with Gasteiger partial charge in [0.15, 0.2) is 6.61 Å². The number of carbonyl (C=O) groups excluding carboxylic acids is 1. The molecule has 1 N–H and O–H groups in total. The minimum Gasteiger partial charge on any atom is -0.507 e. The predicted molar refractivity (Wildman–Crippen MR) is 134 cm³/mol. The van der Waals surface area contributed by atoms with Crippen molar-refractivity contribution < 1.29 is 23.8 Å². The van der Waals surface area contributed by atoms with Crippen molar-refractivity contribution in [1.82, 2.24) is 4.90 Å². The van der Waals surface area contributed by atoms with Crippen LogP contribution in [0.2, 0.25) is 0 Å². The van der Waals surface area contributed by atoms with E-state index in [2.05, 4.69) is 24.3 Å². The van der Waals surface area contributed by atoms with E-state index in [4.69, 9.17) is 9.47 Å². The van der Waals surface area contributed by atoms with Crippen molar-refractivity contribution in [1.29, 1.82) is 0 Å². The Labute approximate surface area is 206 Å². The second-order valence-electron chi connectivity index (χ2n) is 9.06. The monoisotopic (exact) mass is 477 g/mol. The Bertz CT molecular complexity index is 1120. The van der Waals surface area contributed by atoms with Crippen molar-refractivity contribution in [3.05, 3.63) is 83.7 Å². The number of rotatable bonds is 9. The summed E-state index contributed by atoms with van der Waals surface area (Å²) in [5.41, 5.74) is 3.60. The first kappa shape index (κ1) is 24.7. The number of halogens is 1. The van der Waals surface area contributed by atoms with Gasteiger partial charge in [-0.15, -0.1) is 0 Å². The lowest BCUT2D eigenvalue weighted by Crippen LogP contribution is -2.41. The standard InChI is InChI=1S/C29H32FNO4/c1-34-19-23-10-8-21(9-11-23)6-7-22-14-16-31(17-15-22)29(33)20-35-28-5-3-2-4-26(28)25-13-12-24(30)18-27(25)32/h2-5,8-13,18,22,32H,6-7,14-17,19-20H2,1H3. The van der Waals surface area contributed by atoms with Crippen molar-refractivity contribution in [2.45, 2.75) is 32.3 Å². The van der Waals surface area contributed by atoms with Crippen LogP contribution >= 0.6 is 0 Å². The van der Waals surface area contributed by atoms with E-state index in [9.17, 15) is 14.3 Å². The zero-order valence-electron chi connectivity index (χ0n) is 20.1. The van der Waals surface area contributed by atoms with Gasteiger partial charge in [0.1, 0.15) is 17.3 Å². The summed E-state index contributed by atoms with van der Waals surface area (Å²) in [7, 11) is 1.70. The van der Waals surface area contributed by atoms with E-state index in [0.717, 1.165) is 44.8 Å². The summed E-state index contributed by atoms with van der Waals surface area (Å²) < 4.78 is 24.4. The molecule has 0 aromatic heterocycles. The smallest absolute Gasteiger partial charge is 0.260 e. The van der Waals surface area contributed by atoms with Crippen LogP contribution in [0.15, 0.2) is 66.7 Å². The SMILES string of the molecule is COCc1ccc(CCC2CCN(C(=O)COc3ccccc3-c3ccc(F)cc3O)CC2)cc1. The number of benzene rings is 3. The number of hydrogen-bond acceptors (Lipinski definition) is 4. The van der Waals surface area contributed by atoms with Gasteiger partial charge in [-0.05, 0) is 60.9 Å². The third-order valence-corrected chi connectivity index (χ3v) is 6.63. The van der Waals surface area contributed by atoms with E-state index in [1.54, 1.807) is 25.3 Å². The Balaban J connectivity index is 1.25. The molecule has 0 aliphatic carbocycles. The van der Waals surface area contributed by atoms with Crippen LogP contribution in [-0.2, 0) is 22.6 Å². The van der Waals surface area contributed by atoms with E-state index in [1.807, 2.05) is 11.0 Å². The largest absolute Gasteiger partial charge is 0.507 e. The van der Waals surface area contributed by atoms with E-state index in [1.165, 1.54) is 23.3 Å². The molecule has 4 rings (SSSR count). The molecule has 1 saturated heterocycles. The molecule has 1 aliphatic rings. The van der Waals surface area contributed by atoms with Crippen LogP contribution < -0.4 is 4.74 Å². The highest BCUT2D eigenvalue weighted by Crippen LogP contribution is 2.36. The average Bonchev–Trinajstić information content (AvgIpc) is 2.88. The summed E-state index contributed by atoms with van der Waals surface area (Å²) in [5, 5.41) is 10.1. The minimum absolute atomic E-state index is 0.0460. The number of aromatic hydroxyl groups is 1. The molecule has 3 aromatic carbocycles. The lowest BCUT2D eigenvalue weighted by molar-refractivity contribution is -0.134. The number of methoxy groups -OCH3 is 1. The molecule has 35 heavy (non-hydrogen) atoms. The number of carbonyl (C=O) groups is 1. The van der Waals surface area contributed by atoms with Crippen LogP contribution in [0.5, 0.6) is 11.5 Å². The highest BCUT2D eigenvalue weighted by molar-refractivity contribution is 5.79. The number of phenols is 1. The van der Waals surface area contributed by atoms with Crippen LogP contribution in [0.4, 0.5) is 4.39 Å². The number of para-hydroxylation sites is 1. The predicted octanol–water partition coefficient (Wildman–Crippen LogP) is 5.59. The number of piperidine rings is 1. The first-order chi connectivity index (χ1) is 17.0. The van der Waals surface area contributed by atoms with Gasteiger partial charge in [0.05, 0.1) is 6.61 Å². The van der Waals surface area contributed by atoms with Gasteiger partial charge < -0.3 is 19.5 Å². The molecule has 184 valence electrons. The first-order valence-electron chi connectivity index (χ1n) is 12.1. The number of ether oxygens (including phenoxy) is 2. The van der Waals surface area contributed by atoms with Gasteiger partial charge in [-0.3, -0.25) is 4.79 Å². The first-order valence-corrected chi connectivity index (χ1v) is 12.1. The van der Waals surface area contributed by atoms with Crippen LogP contribution in [0.3, 0.4) is 0 Å². The topological polar surface area (TPSA) is 59.0 Å². The number of phenolic OH excluding ortho intramolecular Hbond substituents is 1. The van der Waals surface area contributed by atoms with E-state index in [0.29, 0.717) is 29.4 Å². The maximum atomic E-state index is 13.4. The van der Waals surface area contributed by atoms with Gasteiger partial charge in [-0.1, -0.05) is 42.5 Å². The van der Waals surface area contributed by atoms with E-state index in [-0.39, 0.29) is 18.3 Å². The molecule has 0 radical (unpaired) electrons. The number of nitrogens with zero attached hydrogens (tertiary/aromatic N) is 1. The van der Waals surface area contributed by atoms with Crippen LogP contribution in [0.25, 0.3) is 11.1 Å². The van der Waals surface area contributed by atoms with Gasteiger partial charge in [0, 0.05) is 37.4 Å². The second kappa shape index (κ2) is 11.8. The molecule has 1 heterocycles. The molecule has 5 nitrogen and oxygen atoms in total. The molecule has 1 amide bonds. The van der Waals surface area contributed by atoms with Crippen molar-refractivity contribution in [2.75, 3.05) is 26.8 Å². The van der Waals surface area contributed by atoms with Gasteiger partial charge >= 0.3 is 0 Å². The molecular weight excluding hydrogens is 445 g/mol. The molecule has 0 saturated carbocycles. The van der Waals surface area contributed by atoms with E-state index < -0.39 is 5.82 Å². The molecular formula is C29H32FNO4. The number of hydrogen-bond donors (Lipinski definition) is 1. The Hall–Kier alpha value is -3.38. The summed E-state index contributed by atoms with van der Waals surface area (Å²) in [5.74, 6) is 0.369. The fourth-order valence-electron chi connectivity index (χ4n) is 4.59. The molecule has 1 aliphatic heterocycles. The maximum absolute atomic E-state index is 13.4. The highest BCUT2D eigenvalue weighted by atomic mass is 19.1. The average molecular weight is 478 g/mol. The molecule has 0 spiro atoms. The number of likely N-dealkylation sites (tertiary alicyclic amines) is 1. The van der Waals surface area contributed by atoms with Crippen molar-refractivity contribution in [3.8, 4) is 22.6 Å². The normalized spacial score (nSPS) is 14.2. The van der Waals surface area contributed by atoms with Crippen molar-refractivity contribution >= 4 is 5.91 Å². The zero-order chi connectivity index (χ0) is 24.6. The van der Waals surface area contributed by atoms with Crippen molar-refractivity contribution in [2.24, 2.45) is 5.92 Å². The Morgan fingerprint density at radius 1 is 1.00 bits per heavy atom. The third kappa shape index (κ3) is 6.61. The summed E-state index contributed by atoms with van der Waals surface area (Å²) >= 11 is 0.